The van der Waals surface area contributed by atoms with Crippen LogP contribution in [0.5, 0.6) is 0 Å². The molecule has 0 atom stereocenters. The minimum absolute atomic E-state index is 0.512. The second kappa shape index (κ2) is 12.5. The van der Waals surface area contributed by atoms with Crippen molar-refractivity contribution in [3.63, 3.8) is 0 Å². The number of hydrogen-bond donors (Lipinski definition) is 0. The summed E-state index contributed by atoms with van der Waals surface area (Å²) in [7, 11) is 0. The van der Waals surface area contributed by atoms with Gasteiger partial charge in [-0.25, -0.2) is 4.98 Å². The van der Waals surface area contributed by atoms with Crippen LogP contribution in [0.25, 0.3) is 131 Å². The summed E-state index contributed by atoms with van der Waals surface area (Å²) in [5.74, 6) is 0.730. The Morgan fingerprint density at radius 1 is 0.567 bits per heavy atom. The molecule has 60 heavy (non-hydrogen) atoms. The first kappa shape index (κ1) is 33.4. The summed E-state index contributed by atoms with van der Waals surface area (Å²) in [4.78, 5) is 12.4. The monoisotopic (exact) mass is 783 g/mol. The standard InChI is InChI=1S/C55H33N3OS/c1-3-32-16-4-5-17-34(32)47-31(2)60-53-49(47)41-23-11-10-22-40(41)48-42-24-12-14-26-45(42)58(52(48)53)54-50(56-51-43-25-13-15-27-46(43)59-55(51)57-54)33-28-29-39-37-20-7-6-18-35(37)36-19-8-9-21-38(36)44(39)30-33/h3-30H,1H2,2H3. The van der Waals surface area contributed by atoms with E-state index in [1.807, 2.05) is 35.6 Å². The van der Waals surface area contributed by atoms with Crippen LogP contribution in [0.3, 0.4) is 0 Å². The highest BCUT2D eigenvalue weighted by Crippen LogP contribution is 2.51. The van der Waals surface area contributed by atoms with Crippen LogP contribution in [0, 0.1) is 6.92 Å². The molecule has 0 spiro atoms. The molecule has 0 aliphatic carbocycles. The van der Waals surface area contributed by atoms with Crippen LogP contribution in [-0.4, -0.2) is 14.5 Å². The molecule has 0 bridgehead atoms. The third kappa shape index (κ3) is 4.50. The van der Waals surface area contributed by atoms with E-state index in [-0.39, 0.29) is 0 Å². The van der Waals surface area contributed by atoms with E-state index in [1.54, 1.807) is 0 Å². The van der Waals surface area contributed by atoms with E-state index >= 15 is 0 Å². The number of rotatable bonds is 4. The van der Waals surface area contributed by atoms with Gasteiger partial charge in [0, 0.05) is 37.5 Å². The average molecular weight is 784 g/mol. The summed E-state index contributed by atoms with van der Waals surface area (Å²) in [6.07, 6.45) is 1.97. The van der Waals surface area contributed by atoms with E-state index < -0.39 is 0 Å². The molecule has 4 nitrogen and oxygen atoms in total. The van der Waals surface area contributed by atoms with Crippen molar-refractivity contribution in [2.75, 3.05) is 0 Å². The Hall–Kier alpha value is -7.60. The lowest BCUT2D eigenvalue weighted by atomic mass is 9.92. The maximum Gasteiger partial charge on any atom is 0.248 e. The van der Waals surface area contributed by atoms with Gasteiger partial charge in [0.2, 0.25) is 5.71 Å². The maximum absolute atomic E-state index is 6.55. The van der Waals surface area contributed by atoms with E-state index in [2.05, 4.69) is 164 Å². The van der Waals surface area contributed by atoms with Crippen LogP contribution in [0.15, 0.2) is 175 Å². The normalized spacial score (nSPS) is 12.2. The molecule has 0 saturated heterocycles. The predicted octanol–water partition coefficient (Wildman–Crippen LogP) is 15.6. The summed E-state index contributed by atoms with van der Waals surface area (Å²) >= 11 is 1.85. The number of aryl methyl sites for hydroxylation is 1. The van der Waals surface area contributed by atoms with Gasteiger partial charge in [-0.05, 0) is 85.4 Å². The molecule has 0 saturated carbocycles. The number of furan rings is 1. The van der Waals surface area contributed by atoms with Crippen molar-refractivity contribution in [3.05, 3.63) is 181 Å². The van der Waals surface area contributed by atoms with Crippen LogP contribution >= 0.6 is 11.3 Å². The lowest BCUT2D eigenvalue weighted by Crippen LogP contribution is -2.03. The van der Waals surface area contributed by atoms with Crippen LogP contribution in [0.2, 0.25) is 0 Å². The second-order valence-electron chi connectivity index (χ2n) is 15.6. The Labute approximate surface area is 347 Å². The van der Waals surface area contributed by atoms with Gasteiger partial charge < -0.3 is 4.42 Å². The zero-order valence-electron chi connectivity index (χ0n) is 32.5. The van der Waals surface area contributed by atoms with Gasteiger partial charge in [0.05, 0.1) is 15.7 Å². The van der Waals surface area contributed by atoms with Crippen LogP contribution in [0.4, 0.5) is 0 Å². The van der Waals surface area contributed by atoms with E-state index in [1.165, 1.54) is 74.6 Å². The third-order valence-electron chi connectivity index (χ3n) is 12.5. The van der Waals surface area contributed by atoms with Gasteiger partial charge in [0.25, 0.3) is 0 Å². The first-order valence-electron chi connectivity index (χ1n) is 20.3. The SMILES string of the molecule is C=Cc1ccccc1-c1c(C)sc2c1c1ccccc1c1c3ccccc3n(-c3nc4oc5ccccc5c4nc3-c3ccc4c5ccccc5c5ccccc5c4c3)c21. The zero-order valence-corrected chi connectivity index (χ0v) is 33.3. The van der Waals surface area contributed by atoms with Gasteiger partial charge in [-0.1, -0.05) is 152 Å². The summed E-state index contributed by atoms with van der Waals surface area (Å²) in [5, 5.41) is 14.3. The lowest BCUT2D eigenvalue weighted by Gasteiger charge is -2.15. The molecule has 0 aliphatic heterocycles. The summed E-state index contributed by atoms with van der Waals surface area (Å²) in [6.45, 7) is 6.46. The molecule has 0 unspecified atom stereocenters. The zero-order chi connectivity index (χ0) is 39.6. The smallest absolute Gasteiger partial charge is 0.248 e. The van der Waals surface area contributed by atoms with Gasteiger partial charge in [-0.2, -0.15) is 4.98 Å². The van der Waals surface area contributed by atoms with Crippen molar-refractivity contribution in [2.45, 2.75) is 6.92 Å². The van der Waals surface area contributed by atoms with Crippen LogP contribution < -0.4 is 0 Å². The molecule has 4 heterocycles. The van der Waals surface area contributed by atoms with Crippen molar-refractivity contribution in [3.8, 4) is 28.2 Å². The Morgan fingerprint density at radius 2 is 1.15 bits per heavy atom. The molecule has 0 fully saturated rings. The van der Waals surface area contributed by atoms with Gasteiger partial charge in [-0.15, -0.1) is 11.3 Å². The molecule has 280 valence electrons. The molecular weight excluding hydrogens is 751 g/mol. The van der Waals surface area contributed by atoms with Gasteiger partial charge in [-0.3, -0.25) is 4.57 Å². The molecule has 4 aromatic heterocycles. The van der Waals surface area contributed by atoms with E-state index in [9.17, 15) is 0 Å². The summed E-state index contributed by atoms with van der Waals surface area (Å²) in [6, 6.07) is 58.6. The fourth-order valence-corrected chi connectivity index (χ4v) is 11.2. The van der Waals surface area contributed by atoms with Crippen molar-refractivity contribution < 1.29 is 4.42 Å². The number of benzene rings is 9. The number of para-hydroxylation sites is 2. The molecule has 0 aliphatic rings. The molecule has 9 aromatic carbocycles. The fraction of sp³-hybridized carbons (Fsp3) is 0.0182. The number of hydrogen-bond acceptors (Lipinski definition) is 4. The number of aromatic nitrogens is 3. The predicted molar refractivity (Wildman–Crippen MR) is 255 cm³/mol. The maximum atomic E-state index is 6.55. The second-order valence-corrected chi connectivity index (χ2v) is 16.9. The number of nitrogens with zero attached hydrogens (tertiary/aromatic N) is 3. The first-order valence-corrected chi connectivity index (χ1v) is 21.1. The lowest BCUT2D eigenvalue weighted by molar-refractivity contribution is 0.652. The highest BCUT2D eigenvalue weighted by molar-refractivity contribution is 7.21. The van der Waals surface area contributed by atoms with Crippen molar-refractivity contribution in [2.24, 2.45) is 0 Å². The van der Waals surface area contributed by atoms with Gasteiger partial charge in [0.1, 0.15) is 16.8 Å². The summed E-state index contributed by atoms with van der Waals surface area (Å²) in [5.41, 5.74) is 9.53. The molecule has 0 N–H and O–H groups in total. The first-order chi connectivity index (χ1) is 29.7. The number of fused-ring (bicyclic) bond motifs is 17. The van der Waals surface area contributed by atoms with Crippen LogP contribution in [-0.2, 0) is 0 Å². The van der Waals surface area contributed by atoms with E-state index in [0.29, 0.717) is 5.71 Å². The minimum atomic E-state index is 0.512. The van der Waals surface area contributed by atoms with Crippen molar-refractivity contribution in [1.29, 1.82) is 0 Å². The molecule has 13 aromatic rings. The van der Waals surface area contributed by atoms with Crippen molar-refractivity contribution in [1.82, 2.24) is 14.5 Å². The van der Waals surface area contributed by atoms with E-state index in [0.717, 1.165) is 55.5 Å². The summed E-state index contributed by atoms with van der Waals surface area (Å²) < 4.78 is 10.1. The molecule has 0 amide bonds. The Bertz CT molecular complexity index is 3960. The van der Waals surface area contributed by atoms with E-state index in [4.69, 9.17) is 14.4 Å². The fourth-order valence-electron chi connectivity index (χ4n) is 9.98. The Morgan fingerprint density at radius 3 is 1.88 bits per heavy atom. The molecule has 0 radical (unpaired) electrons. The quantitative estimate of drug-likeness (QED) is 0.167. The average Bonchev–Trinajstić information content (AvgIpc) is 3.97. The molecule has 5 heteroatoms. The highest BCUT2D eigenvalue weighted by atomic mass is 32.1. The van der Waals surface area contributed by atoms with Gasteiger partial charge in [0.15, 0.2) is 5.82 Å². The topological polar surface area (TPSA) is 43.9 Å². The third-order valence-corrected chi connectivity index (χ3v) is 13.6. The van der Waals surface area contributed by atoms with Crippen LogP contribution in [0.1, 0.15) is 10.4 Å². The van der Waals surface area contributed by atoms with Crippen molar-refractivity contribution >= 4 is 115 Å². The highest BCUT2D eigenvalue weighted by Gasteiger charge is 2.27. The molecular formula is C55H33N3OS. The largest absolute Gasteiger partial charge is 0.436 e. The molecule has 13 rings (SSSR count). The Balaban J connectivity index is 1.22. The van der Waals surface area contributed by atoms with Gasteiger partial charge >= 0.3 is 0 Å². The minimum Gasteiger partial charge on any atom is -0.436 e. The number of thiophene rings is 1. The Kier molecular flexibility index (Phi) is 6.93.